The summed E-state index contributed by atoms with van der Waals surface area (Å²) in [6, 6.07) is 23.3. The van der Waals surface area contributed by atoms with E-state index in [1.54, 1.807) is 0 Å². The SMILES string of the molecule is O=[N+]([O-])c1ccc(Cl)c(C=Nc2ccc(-c3ccc(N=Cc4cc([N+](=O)[O-])ccc4Cl)cc3)cc2)c1. The average Bonchev–Trinajstić information content (AvgIpc) is 2.88. The Kier molecular flexibility index (Phi) is 7.48. The predicted octanol–water partition coefficient (Wildman–Crippen LogP) is 7.98. The van der Waals surface area contributed by atoms with E-state index in [0.29, 0.717) is 32.5 Å². The van der Waals surface area contributed by atoms with Crippen molar-refractivity contribution in [2.24, 2.45) is 9.98 Å². The minimum Gasteiger partial charge on any atom is -0.258 e. The first kappa shape index (κ1) is 24.7. The van der Waals surface area contributed by atoms with E-state index in [-0.39, 0.29) is 11.4 Å². The summed E-state index contributed by atoms with van der Waals surface area (Å²) in [5, 5.41) is 22.7. The Hall–Kier alpha value is -4.40. The van der Waals surface area contributed by atoms with Crippen LogP contribution in [0, 0.1) is 20.2 Å². The largest absolute Gasteiger partial charge is 0.270 e. The van der Waals surface area contributed by atoms with Crippen LogP contribution in [0.4, 0.5) is 22.7 Å². The van der Waals surface area contributed by atoms with E-state index in [9.17, 15) is 20.2 Å². The van der Waals surface area contributed by atoms with Crippen molar-refractivity contribution in [2.45, 2.75) is 0 Å². The van der Waals surface area contributed by atoms with E-state index in [2.05, 4.69) is 9.98 Å². The van der Waals surface area contributed by atoms with E-state index < -0.39 is 9.85 Å². The molecule has 0 aliphatic heterocycles. The van der Waals surface area contributed by atoms with Crippen molar-refractivity contribution in [1.29, 1.82) is 0 Å². The first-order valence-electron chi connectivity index (χ1n) is 10.5. The molecule has 0 amide bonds. The Balaban J connectivity index is 1.46. The Morgan fingerprint density at radius 2 is 0.944 bits per heavy atom. The molecule has 0 aliphatic carbocycles. The molecule has 10 heteroatoms. The highest BCUT2D eigenvalue weighted by atomic mass is 35.5. The second-order valence-corrected chi connectivity index (χ2v) is 8.35. The highest BCUT2D eigenvalue weighted by molar-refractivity contribution is 6.33. The maximum atomic E-state index is 11.0. The van der Waals surface area contributed by atoms with Gasteiger partial charge in [-0.1, -0.05) is 47.5 Å². The van der Waals surface area contributed by atoms with Crippen molar-refractivity contribution >= 4 is 58.4 Å². The molecule has 4 aromatic rings. The van der Waals surface area contributed by atoms with E-state index >= 15 is 0 Å². The standard InChI is InChI=1S/C26H16Cl2N4O4/c27-25-11-9-23(31(33)34)13-19(25)15-29-21-5-1-17(2-6-21)18-3-7-22(8-4-18)30-16-20-14-24(32(35)36)10-12-26(20)28/h1-16H. The molecule has 0 aliphatic rings. The highest BCUT2D eigenvalue weighted by Gasteiger charge is 2.09. The number of nitro benzene ring substituents is 2. The number of non-ortho nitro benzene ring substituents is 2. The third kappa shape index (κ3) is 5.99. The van der Waals surface area contributed by atoms with Crippen LogP contribution in [-0.2, 0) is 0 Å². The molecular weight excluding hydrogens is 503 g/mol. The molecule has 0 radical (unpaired) electrons. The van der Waals surface area contributed by atoms with Crippen LogP contribution < -0.4 is 0 Å². The first-order chi connectivity index (χ1) is 17.3. The number of aliphatic imine (C=N–C) groups is 2. The molecule has 36 heavy (non-hydrogen) atoms. The van der Waals surface area contributed by atoms with Gasteiger partial charge in [0.15, 0.2) is 0 Å². The molecule has 0 bridgehead atoms. The van der Waals surface area contributed by atoms with Crippen molar-refractivity contribution in [3.63, 3.8) is 0 Å². The van der Waals surface area contributed by atoms with Gasteiger partial charge >= 0.3 is 0 Å². The lowest BCUT2D eigenvalue weighted by molar-refractivity contribution is -0.385. The molecule has 4 rings (SSSR count). The minimum atomic E-state index is -0.484. The smallest absolute Gasteiger partial charge is 0.258 e. The number of hydrogen-bond acceptors (Lipinski definition) is 6. The van der Waals surface area contributed by atoms with E-state index in [1.165, 1.54) is 48.8 Å². The number of halogens is 2. The number of nitro groups is 2. The second kappa shape index (κ2) is 10.9. The van der Waals surface area contributed by atoms with Gasteiger partial charge in [-0.3, -0.25) is 30.2 Å². The normalized spacial score (nSPS) is 11.3. The molecule has 8 nitrogen and oxygen atoms in total. The van der Waals surface area contributed by atoms with E-state index in [4.69, 9.17) is 23.2 Å². The lowest BCUT2D eigenvalue weighted by Gasteiger charge is -2.04. The zero-order valence-corrected chi connectivity index (χ0v) is 19.9. The molecule has 0 heterocycles. The van der Waals surface area contributed by atoms with Crippen LogP contribution in [0.1, 0.15) is 11.1 Å². The Labute approximate surface area is 215 Å². The highest BCUT2D eigenvalue weighted by Crippen LogP contribution is 2.27. The number of nitrogens with zero attached hydrogens (tertiary/aromatic N) is 4. The maximum Gasteiger partial charge on any atom is 0.270 e. The van der Waals surface area contributed by atoms with Gasteiger partial charge in [-0.05, 0) is 47.5 Å². The summed E-state index contributed by atoms with van der Waals surface area (Å²) in [5.41, 5.74) is 4.04. The Bertz CT molecular complexity index is 1390. The summed E-state index contributed by atoms with van der Waals surface area (Å²) in [6.07, 6.45) is 2.98. The second-order valence-electron chi connectivity index (χ2n) is 7.54. The van der Waals surface area contributed by atoms with Crippen molar-refractivity contribution in [2.75, 3.05) is 0 Å². The van der Waals surface area contributed by atoms with Gasteiger partial charge in [-0.15, -0.1) is 0 Å². The molecule has 0 aromatic heterocycles. The van der Waals surface area contributed by atoms with Crippen LogP contribution in [0.5, 0.6) is 0 Å². The third-order valence-corrected chi connectivity index (χ3v) is 5.84. The zero-order chi connectivity index (χ0) is 25.7. The molecule has 0 saturated heterocycles. The van der Waals surface area contributed by atoms with Gasteiger partial charge in [-0.25, -0.2) is 0 Å². The van der Waals surface area contributed by atoms with E-state index in [1.807, 2.05) is 48.5 Å². The molecule has 0 saturated carbocycles. The summed E-state index contributed by atoms with van der Waals surface area (Å²) in [5.74, 6) is 0. The van der Waals surface area contributed by atoms with Gasteiger partial charge in [0.05, 0.1) is 21.2 Å². The van der Waals surface area contributed by atoms with Crippen LogP contribution in [0.25, 0.3) is 11.1 Å². The lowest BCUT2D eigenvalue weighted by Crippen LogP contribution is -1.90. The fraction of sp³-hybridized carbons (Fsp3) is 0. The van der Waals surface area contributed by atoms with Gasteiger partial charge in [0, 0.05) is 57.9 Å². The fourth-order valence-electron chi connectivity index (χ4n) is 3.26. The minimum absolute atomic E-state index is 0.0582. The van der Waals surface area contributed by atoms with Crippen LogP contribution in [0.15, 0.2) is 94.9 Å². The molecule has 178 valence electrons. The number of rotatable bonds is 7. The fourth-order valence-corrected chi connectivity index (χ4v) is 3.59. The van der Waals surface area contributed by atoms with Gasteiger partial charge in [0.25, 0.3) is 11.4 Å². The number of benzene rings is 4. The third-order valence-electron chi connectivity index (χ3n) is 5.15. The quantitative estimate of drug-likeness (QED) is 0.140. The predicted molar refractivity (Wildman–Crippen MR) is 143 cm³/mol. The first-order valence-corrected chi connectivity index (χ1v) is 11.2. The van der Waals surface area contributed by atoms with Crippen molar-refractivity contribution in [3.05, 3.63) is 126 Å². The molecule has 0 spiro atoms. The summed E-state index contributed by atoms with van der Waals surface area (Å²) in [6.45, 7) is 0. The van der Waals surface area contributed by atoms with Crippen LogP contribution in [0.2, 0.25) is 10.0 Å². The Morgan fingerprint density at radius 3 is 1.28 bits per heavy atom. The van der Waals surface area contributed by atoms with Crippen molar-refractivity contribution < 1.29 is 9.85 Å². The molecule has 0 N–H and O–H groups in total. The van der Waals surface area contributed by atoms with Crippen molar-refractivity contribution in [3.8, 4) is 11.1 Å². The summed E-state index contributed by atoms with van der Waals surface area (Å²) < 4.78 is 0. The van der Waals surface area contributed by atoms with Gasteiger partial charge in [0.2, 0.25) is 0 Å². The average molecular weight is 519 g/mol. The van der Waals surface area contributed by atoms with Gasteiger partial charge in [-0.2, -0.15) is 0 Å². The summed E-state index contributed by atoms with van der Waals surface area (Å²) in [7, 11) is 0. The molecule has 0 atom stereocenters. The molecular formula is C26H16Cl2N4O4. The van der Waals surface area contributed by atoms with Crippen LogP contribution in [-0.4, -0.2) is 22.3 Å². The van der Waals surface area contributed by atoms with E-state index in [0.717, 1.165) is 11.1 Å². The van der Waals surface area contributed by atoms with Crippen LogP contribution >= 0.6 is 23.2 Å². The summed E-state index contributed by atoms with van der Waals surface area (Å²) in [4.78, 5) is 29.7. The van der Waals surface area contributed by atoms with Gasteiger partial charge in [0.1, 0.15) is 0 Å². The molecule has 4 aromatic carbocycles. The monoisotopic (exact) mass is 518 g/mol. The van der Waals surface area contributed by atoms with Crippen molar-refractivity contribution in [1.82, 2.24) is 0 Å². The maximum absolute atomic E-state index is 11.0. The topological polar surface area (TPSA) is 111 Å². The Morgan fingerprint density at radius 1 is 0.583 bits per heavy atom. The number of hydrogen-bond donors (Lipinski definition) is 0. The molecule has 0 fully saturated rings. The summed E-state index contributed by atoms with van der Waals surface area (Å²) >= 11 is 12.2. The van der Waals surface area contributed by atoms with Gasteiger partial charge < -0.3 is 0 Å². The molecule has 0 unspecified atom stereocenters. The zero-order valence-electron chi connectivity index (χ0n) is 18.4. The van der Waals surface area contributed by atoms with Crippen LogP contribution in [0.3, 0.4) is 0 Å². The lowest BCUT2D eigenvalue weighted by atomic mass is 10.1.